The summed E-state index contributed by atoms with van der Waals surface area (Å²) in [5.41, 5.74) is 8.10. The summed E-state index contributed by atoms with van der Waals surface area (Å²) in [5, 5.41) is 4.71. The number of aryl methyl sites for hydroxylation is 1. The van der Waals surface area contributed by atoms with Gasteiger partial charge in [-0.05, 0) is 19.1 Å². The van der Waals surface area contributed by atoms with Gasteiger partial charge in [0.15, 0.2) is 0 Å². The number of anilines is 1. The quantitative estimate of drug-likeness (QED) is 0.728. The number of rotatable bonds is 1. The molecule has 0 aliphatic heterocycles. The molecule has 6 heteroatoms. The summed E-state index contributed by atoms with van der Waals surface area (Å²) in [6.07, 6.45) is 0. The Morgan fingerprint density at radius 3 is 2.78 bits per heavy atom. The second kappa shape index (κ2) is 3.96. The van der Waals surface area contributed by atoms with E-state index in [1.165, 1.54) is 0 Å². The average molecular weight is 260 g/mol. The molecule has 0 aliphatic rings. The van der Waals surface area contributed by atoms with Crippen LogP contribution in [-0.4, -0.2) is 19.6 Å². The van der Waals surface area contributed by atoms with Crippen molar-refractivity contribution in [3.63, 3.8) is 0 Å². The van der Waals surface area contributed by atoms with Crippen molar-refractivity contribution in [2.45, 2.75) is 6.92 Å². The fraction of sp³-hybridized carbons (Fsp3) is 0.0833. The molecule has 2 N–H and O–H groups in total. The average Bonchev–Trinajstić information content (AvgIpc) is 2.71. The van der Waals surface area contributed by atoms with Crippen molar-refractivity contribution in [1.29, 1.82) is 0 Å². The zero-order valence-corrected chi connectivity index (χ0v) is 10.4. The highest BCUT2D eigenvalue weighted by Crippen LogP contribution is 2.26. The Labute approximate surface area is 108 Å². The highest BCUT2D eigenvalue weighted by atomic mass is 35.5. The van der Waals surface area contributed by atoms with Crippen LogP contribution >= 0.6 is 11.6 Å². The number of nitrogens with two attached hydrogens (primary N) is 1. The van der Waals surface area contributed by atoms with Gasteiger partial charge in [0.1, 0.15) is 0 Å². The fourth-order valence-corrected chi connectivity index (χ4v) is 2.07. The lowest BCUT2D eigenvalue weighted by molar-refractivity contribution is 0.900. The minimum absolute atomic E-state index is 0.210. The highest BCUT2D eigenvalue weighted by molar-refractivity contribution is 6.33. The Balaban J connectivity index is 2.28. The van der Waals surface area contributed by atoms with E-state index >= 15 is 0 Å². The van der Waals surface area contributed by atoms with Gasteiger partial charge in [0, 0.05) is 16.3 Å². The van der Waals surface area contributed by atoms with Gasteiger partial charge < -0.3 is 5.73 Å². The summed E-state index contributed by atoms with van der Waals surface area (Å²) < 4.78 is 1.61. The fourth-order valence-electron chi connectivity index (χ4n) is 1.83. The molecule has 0 saturated heterocycles. The summed E-state index contributed by atoms with van der Waals surface area (Å²) in [5.74, 6) is 0.685. The van der Waals surface area contributed by atoms with E-state index in [1.54, 1.807) is 4.52 Å². The molecule has 18 heavy (non-hydrogen) atoms. The summed E-state index contributed by atoms with van der Waals surface area (Å²) in [7, 11) is 0. The number of fused-ring (bicyclic) bond motifs is 1. The lowest BCUT2D eigenvalue weighted by Crippen LogP contribution is -1.98. The monoisotopic (exact) mass is 259 g/mol. The SMILES string of the molecule is Cc1cc(-c2ccccc2Cl)nc2nc(N)nn12. The minimum Gasteiger partial charge on any atom is -0.366 e. The number of hydrogen-bond acceptors (Lipinski definition) is 4. The van der Waals surface area contributed by atoms with E-state index in [1.807, 2.05) is 37.3 Å². The molecule has 1 aromatic carbocycles. The van der Waals surface area contributed by atoms with Crippen molar-refractivity contribution in [2.75, 3.05) is 5.73 Å². The van der Waals surface area contributed by atoms with E-state index in [2.05, 4.69) is 15.1 Å². The van der Waals surface area contributed by atoms with Crippen LogP contribution in [0.25, 0.3) is 17.0 Å². The third-order valence-electron chi connectivity index (χ3n) is 2.66. The van der Waals surface area contributed by atoms with E-state index in [0.29, 0.717) is 10.8 Å². The van der Waals surface area contributed by atoms with Crippen LogP contribution in [0.3, 0.4) is 0 Å². The molecule has 0 atom stereocenters. The first-order valence-electron chi connectivity index (χ1n) is 5.40. The number of nitrogens with zero attached hydrogens (tertiary/aromatic N) is 4. The molecule has 2 aromatic heterocycles. The largest absolute Gasteiger partial charge is 0.366 e. The minimum atomic E-state index is 0.210. The lowest BCUT2D eigenvalue weighted by atomic mass is 10.1. The maximum Gasteiger partial charge on any atom is 0.254 e. The Morgan fingerprint density at radius 1 is 1.22 bits per heavy atom. The predicted octanol–water partition coefficient (Wildman–Crippen LogP) is 2.34. The van der Waals surface area contributed by atoms with Crippen LogP contribution in [0.15, 0.2) is 30.3 Å². The smallest absolute Gasteiger partial charge is 0.254 e. The van der Waals surface area contributed by atoms with Crippen LogP contribution in [0.1, 0.15) is 5.69 Å². The molecular weight excluding hydrogens is 250 g/mol. The molecule has 0 radical (unpaired) electrons. The van der Waals surface area contributed by atoms with Crippen molar-refractivity contribution < 1.29 is 0 Å². The second-order valence-corrected chi connectivity index (χ2v) is 4.35. The van der Waals surface area contributed by atoms with E-state index in [4.69, 9.17) is 17.3 Å². The molecule has 3 aromatic rings. The van der Waals surface area contributed by atoms with Gasteiger partial charge in [0.25, 0.3) is 5.78 Å². The molecule has 5 nitrogen and oxygen atoms in total. The first kappa shape index (κ1) is 11.0. The molecule has 0 bridgehead atoms. The lowest BCUT2D eigenvalue weighted by Gasteiger charge is -2.05. The van der Waals surface area contributed by atoms with Gasteiger partial charge >= 0.3 is 0 Å². The van der Waals surface area contributed by atoms with Gasteiger partial charge in [-0.3, -0.25) is 0 Å². The molecule has 0 aliphatic carbocycles. The number of aromatic nitrogens is 4. The molecule has 0 amide bonds. The van der Waals surface area contributed by atoms with E-state index in [-0.39, 0.29) is 5.95 Å². The van der Waals surface area contributed by atoms with Crippen LogP contribution in [0.4, 0.5) is 5.95 Å². The summed E-state index contributed by atoms with van der Waals surface area (Å²) in [6, 6.07) is 9.45. The van der Waals surface area contributed by atoms with Crippen LogP contribution in [0, 0.1) is 6.92 Å². The van der Waals surface area contributed by atoms with Crippen LogP contribution in [-0.2, 0) is 0 Å². The third kappa shape index (κ3) is 1.69. The number of nitrogen functional groups attached to an aromatic ring is 1. The van der Waals surface area contributed by atoms with Gasteiger partial charge in [-0.25, -0.2) is 4.98 Å². The second-order valence-electron chi connectivity index (χ2n) is 3.94. The van der Waals surface area contributed by atoms with Crippen molar-refractivity contribution in [2.24, 2.45) is 0 Å². The molecule has 90 valence electrons. The maximum absolute atomic E-state index is 6.16. The van der Waals surface area contributed by atoms with Crippen molar-refractivity contribution in [3.8, 4) is 11.3 Å². The number of halogens is 1. The Morgan fingerprint density at radius 2 is 2.00 bits per heavy atom. The molecular formula is C12H10ClN5. The summed E-state index contributed by atoms with van der Waals surface area (Å²) in [4.78, 5) is 8.48. The summed E-state index contributed by atoms with van der Waals surface area (Å²) >= 11 is 6.16. The molecule has 0 spiro atoms. The van der Waals surface area contributed by atoms with Gasteiger partial charge in [-0.1, -0.05) is 29.8 Å². The van der Waals surface area contributed by atoms with Crippen LogP contribution < -0.4 is 5.73 Å². The van der Waals surface area contributed by atoms with E-state index < -0.39 is 0 Å². The molecule has 0 unspecified atom stereocenters. The Bertz CT molecular complexity index is 734. The Kier molecular flexibility index (Phi) is 2.41. The molecule has 0 saturated carbocycles. The topological polar surface area (TPSA) is 69.1 Å². The first-order chi connectivity index (χ1) is 8.65. The van der Waals surface area contributed by atoms with E-state index in [9.17, 15) is 0 Å². The molecule has 3 rings (SSSR count). The first-order valence-corrected chi connectivity index (χ1v) is 5.78. The van der Waals surface area contributed by atoms with Crippen LogP contribution in [0.5, 0.6) is 0 Å². The third-order valence-corrected chi connectivity index (χ3v) is 2.99. The maximum atomic E-state index is 6.16. The zero-order chi connectivity index (χ0) is 12.7. The Hall–Kier alpha value is -2.14. The van der Waals surface area contributed by atoms with Crippen molar-refractivity contribution in [3.05, 3.63) is 41.0 Å². The molecule has 0 fully saturated rings. The van der Waals surface area contributed by atoms with Gasteiger partial charge in [0.2, 0.25) is 5.95 Å². The van der Waals surface area contributed by atoms with Crippen LogP contribution in [0.2, 0.25) is 5.02 Å². The highest BCUT2D eigenvalue weighted by Gasteiger charge is 2.10. The van der Waals surface area contributed by atoms with E-state index in [0.717, 1.165) is 17.0 Å². The predicted molar refractivity (Wildman–Crippen MR) is 70.4 cm³/mol. The standard InChI is InChI=1S/C12H10ClN5/c1-7-6-10(8-4-2-3-5-9(8)13)15-12-16-11(14)17-18(7)12/h2-6H,1H3,(H2,14,17). The number of hydrogen-bond donors (Lipinski definition) is 1. The van der Waals surface area contributed by atoms with Crippen molar-refractivity contribution in [1.82, 2.24) is 19.6 Å². The number of benzene rings is 1. The van der Waals surface area contributed by atoms with Crippen molar-refractivity contribution >= 4 is 23.3 Å². The van der Waals surface area contributed by atoms with Gasteiger partial charge in [0.05, 0.1) is 5.69 Å². The van der Waals surface area contributed by atoms with Gasteiger partial charge in [-0.2, -0.15) is 9.50 Å². The van der Waals surface area contributed by atoms with Gasteiger partial charge in [-0.15, -0.1) is 5.10 Å². The normalized spacial score (nSPS) is 11.0. The molecule has 2 heterocycles. The zero-order valence-electron chi connectivity index (χ0n) is 9.63. The summed E-state index contributed by atoms with van der Waals surface area (Å²) in [6.45, 7) is 1.92.